The van der Waals surface area contributed by atoms with Crippen LogP contribution in [0.3, 0.4) is 0 Å². The zero-order valence-corrected chi connectivity index (χ0v) is 13.8. The van der Waals surface area contributed by atoms with Crippen LogP contribution in [0, 0.1) is 10.5 Å². The van der Waals surface area contributed by atoms with E-state index in [1.807, 2.05) is 65.9 Å². The number of fused-ring (bicyclic) bond motifs is 1. The van der Waals surface area contributed by atoms with Crippen molar-refractivity contribution in [1.29, 1.82) is 0 Å². The first-order chi connectivity index (χ1) is 10.1. The van der Waals surface area contributed by atoms with Gasteiger partial charge in [-0.25, -0.2) is 0 Å². The maximum absolute atomic E-state index is 12.6. The molecule has 0 spiro atoms. The van der Waals surface area contributed by atoms with E-state index in [2.05, 4.69) is 0 Å². The minimum absolute atomic E-state index is 0.0333. The molecule has 3 rings (SSSR count). The van der Waals surface area contributed by atoms with Crippen LogP contribution in [0.5, 0.6) is 5.75 Å². The van der Waals surface area contributed by atoms with Crippen molar-refractivity contribution in [2.24, 2.45) is 0 Å². The van der Waals surface area contributed by atoms with Crippen LogP contribution >= 0.6 is 22.6 Å². The third-order valence-electron chi connectivity index (χ3n) is 3.39. The Morgan fingerprint density at radius 1 is 1.14 bits per heavy atom. The molecule has 3 aromatic rings. The maximum atomic E-state index is 12.6. The van der Waals surface area contributed by atoms with Gasteiger partial charge in [-0.1, -0.05) is 30.3 Å². The van der Waals surface area contributed by atoms with Crippen molar-refractivity contribution in [3.63, 3.8) is 0 Å². The van der Waals surface area contributed by atoms with Crippen molar-refractivity contribution >= 4 is 33.6 Å². The average Bonchev–Trinajstić information content (AvgIpc) is 2.51. The summed E-state index contributed by atoms with van der Waals surface area (Å²) >= 11 is 2.04. The number of benzene rings is 2. The van der Waals surface area contributed by atoms with Gasteiger partial charge in [0.25, 0.3) is 0 Å². The molecule has 0 radical (unpaired) electrons. The number of methoxy groups -OCH3 is 1. The van der Waals surface area contributed by atoms with Crippen LogP contribution in [0.15, 0.2) is 51.7 Å². The molecule has 0 unspecified atom stereocenters. The summed E-state index contributed by atoms with van der Waals surface area (Å²) in [5.74, 6) is 1.30. The van der Waals surface area contributed by atoms with E-state index in [1.54, 1.807) is 13.2 Å². The molecule has 0 N–H and O–H groups in total. The highest BCUT2D eigenvalue weighted by Crippen LogP contribution is 2.30. The highest BCUT2D eigenvalue weighted by Gasteiger charge is 2.15. The van der Waals surface area contributed by atoms with Gasteiger partial charge in [0.2, 0.25) is 5.43 Å². The number of halogens is 1. The first-order valence-corrected chi connectivity index (χ1v) is 7.56. The average molecular weight is 392 g/mol. The Hall–Kier alpha value is -1.82. The Balaban J connectivity index is 2.35. The zero-order valence-electron chi connectivity index (χ0n) is 11.6. The quantitative estimate of drug-likeness (QED) is 0.608. The van der Waals surface area contributed by atoms with Crippen LogP contribution < -0.4 is 10.2 Å². The third kappa shape index (κ3) is 2.44. The van der Waals surface area contributed by atoms with Gasteiger partial charge in [-0.15, -0.1) is 0 Å². The normalized spacial score (nSPS) is 10.8. The van der Waals surface area contributed by atoms with Crippen molar-refractivity contribution in [3.8, 4) is 17.1 Å². The van der Waals surface area contributed by atoms with Crippen LogP contribution in [-0.4, -0.2) is 7.11 Å². The van der Waals surface area contributed by atoms with Crippen molar-refractivity contribution < 1.29 is 9.15 Å². The Morgan fingerprint density at radius 3 is 2.52 bits per heavy atom. The molecule has 1 aromatic heterocycles. The van der Waals surface area contributed by atoms with Gasteiger partial charge in [-0.05, 0) is 47.2 Å². The van der Waals surface area contributed by atoms with Crippen LogP contribution in [0.25, 0.3) is 22.3 Å². The molecule has 0 saturated heterocycles. The number of aryl methyl sites for hydroxylation is 1. The van der Waals surface area contributed by atoms with Crippen molar-refractivity contribution in [1.82, 2.24) is 0 Å². The summed E-state index contributed by atoms with van der Waals surface area (Å²) in [5.41, 5.74) is 2.38. The molecule has 2 aromatic carbocycles. The largest absolute Gasteiger partial charge is 0.496 e. The molecular weight excluding hydrogens is 379 g/mol. The summed E-state index contributed by atoms with van der Waals surface area (Å²) in [4.78, 5) is 12.6. The van der Waals surface area contributed by atoms with E-state index in [1.165, 1.54) is 0 Å². The molecule has 0 saturated carbocycles. The number of hydrogen-bond donors (Lipinski definition) is 0. The van der Waals surface area contributed by atoms with E-state index in [9.17, 15) is 4.79 Å². The Bertz CT molecular complexity index is 867. The molecule has 0 bridgehead atoms. The SMILES string of the molecule is COc1cc2c(=O)c(I)c(-c3ccccc3)oc2cc1C. The lowest BCUT2D eigenvalue weighted by molar-refractivity contribution is 0.412. The van der Waals surface area contributed by atoms with Crippen molar-refractivity contribution in [3.05, 3.63) is 61.8 Å². The maximum Gasteiger partial charge on any atom is 0.206 e. The molecular formula is C17H13IO3. The number of hydrogen-bond acceptors (Lipinski definition) is 3. The van der Waals surface area contributed by atoms with Crippen LogP contribution in [-0.2, 0) is 0 Å². The second-order valence-corrected chi connectivity index (χ2v) is 5.84. The molecule has 0 aliphatic rings. The van der Waals surface area contributed by atoms with E-state index in [-0.39, 0.29) is 5.43 Å². The predicted molar refractivity (Wildman–Crippen MR) is 91.9 cm³/mol. The molecule has 0 aliphatic carbocycles. The number of ether oxygens (including phenoxy) is 1. The van der Waals surface area contributed by atoms with E-state index < -0.39 is 0 Å². The molecule has 4 heteroatoms. The summed E-state index contributed by atoms with van der Waals surface area (Å²) in [6.45, 7) is 1.93. The molecule has 21 heavy (non-hydrogen) atoms. The smallest absolute Gasteiger partial charge is 0.206 e. The molecule has 106 valence electrons. The van der Waals surface area contributed by atoms with Gasteiger partial charge in [0, 0.05) is 5.56 Å². The predicted octanol–water partition coefficient (Wildman–Crippen LogP) is 4.38. The van der Waals surface area contributed by atoms with Gasteiger partial charge >= 0.3 is 0 Å². The first kappa shape index (κ1) is 14.1. The molecule has 3 nitrogen and oxygen atoms in total. The fraction of sp³-hybridized carbons (Fsp3) is 0.118. The van der Waals surface area contributed by atoms with Gasteiger partial charge in [-0.2, -0.15) is 0 Å². The molecule has 0 fully saturated rings. The van der Waals surface area contributed by atoms with Gasteiger partial charge < -0.3 is 9.15 Å². The highest BCUT2D eigenvalue weighted by molar-refractivity contribution is 14.1. The Morgan fingerprint density at radius 2 is 1.86 bits per heavy atom. The molecule has 0 amide bonds. The van der Waals surface area contributed by atoms with Crippen LogP contribution in [0.2, 0.25) is 0 Å². The van der Waals surface area contributed by atoms with E-state index in [4.69, 9.17) is 9.15 Å². The van der Waals surface area contributed by atoms with Crippen LogP contribution in [0.1, 0.15) is 5.56 Å². The Labute approximate surface area is 135 Å². The van der Waals surface area contributed by atoms with Gasteiger partial charge in [0.1, 0.15) is 14.9 Å². The standard InChI is InChI=1S/C17H13IO3/c1-10-8-14-12(9-13(10)20-2)16(19)15(18)17(21-14)11-6-4-3-5-7-11/h3-9H,1-2H3. The van der Waals surface area contributed by atoms with Gasteiger partial charge in [0.15, 0.2) is 5.76 Å². The summed E-state index contributed by atoms with van der Waals surface area (Å²) in [5, 5.41) is 0.543. The fourth-order valence-electron chi connectivity index (χ4n) is 2.29. The molecule has 1 heterocycles. The third-order valence-corrected chi connectivity index (χ3v) is 4.37. The summed E-state index contributed by atoms with van der Waals surface area (Å²) in [6, 6.07) is 13.2. The lowest BCUT2D eigenvalue weighted by Crippen LogP contribution is -2.08. The monoisotopic (exact) mass is 392 g/mol. The Kier molecular flexibility index (Phi) is 3.71. The first-order valence-electron chi connectivity index (χ1n) is 6.48. The molecule has 0 aliphatic heterocycles. The second kappa shape index (κ2) is 5.52. The number of rotatable bonds is 2. The topological polar surface area (TPSA) is 39.4 Å². The summed E-state index contributed by atoms with van der Waals surface area (Å²) in [7, 11) is 1.60. The van der Waals surface area contributed by atoms with Gasteiger partial charge in [0.05, 0.1) is 12.5 Å². The minimum Gasteiger partial charge on any atom is -0.496 e. The van der Waals surface area contributed by atoms with E-state index in [0.717, 1.165) is 11.1 Å². The fourth-order valence-corrected chi connectivity index (χ4v) is 3.01. The summed E-state index contributed by atoms with van der Waals surface area (Å²) in [6.07, 6.45) is 0. The van der Waals surface area contributed by atoms with Crippen molar-refractivity contribution in [2.75, 3.05) is 7.11 Å². The van der Waals surface area contributed by atoms with Crippen LogP contribution in [0.4, 0.5) is 0 Å². The minimum atomic E-state index is -0.0333. The molecule has 0 atom stereocenters. The van der Waals surface area contributed by atoms with Crippen molar-refractivity contribution in [2.45, 2.75) is 6.92 Å². The van der Waals surface area contributed by atoms with E-state index in [0.29, 0.717) is 26.0 Å². The second-order valence-electron chi connectivity index (χ2n) is 4.76. The lowest BCUT2D eigenvalue weighted by atomic mass is 10.1. The highest BCUT2D eigenvalue weighted by atomic mass is 127. The zero-order chi connectivity index (χ0) is 15.0. The lowest BCUT2D eigenvalue weighted by Gasteiger charge is -2.09. The summed E-state index contributed by atoms with van der Waals surface area (Å²) < 4.78 is 11.8. The van der Waals surface area contributed by atoms with Gasteiger partial charge in [-0.3, -0.25) is 4.79 Å². The van der Waals surface area contributed by atoms with E-state index >= 15 is 0 Å².